The lowest BCUT2D eigenvalue weighted by atomic mass is 10.0. The lowest BCUT2D eigenvalue weighted by molar-refractivity contribution is 0.368. The number of nitrogens with two attached hydrogens (primary N) is 1. The van der Waals surface area contributed by atoms with Crippen molar-refractivity contribution in [2.45, 2.75) is 6.92 Å². The molecule has 0 saturated carbocycles. The summed E-state index contributed by atoms with van der Waals surface area (Å²) in [5, 5.41) is 0. The number of aryl methyl sites for hydroxylation is 1. The van der Waals surface area contributed by atoms with Crippen molar-refractivity contribution in [2.24, 2.45) is 0 Å². The van der Waals surface area contributed by atoms with Crippen molar-refractivity contribution in [3.05, 3.63) is 60.4 Å². The maximum Gasteiger partial charge on any atom is 0.322 e. The SMILES string of the molecule is COc1ccc(-c2ccc(N)cc2)cc1Oc1nccc(C)n1. The van der Waals surface area contributed by atoms with Gasteiger partial charge in [-0.15, -0.1) is 0 Å². The van der Waals surface area contributed by atoms with Crippen LogP contribution in [0.15, 0.2) is 54.7 Å². The molecule has 23 heavy (non-hydrogen) atoms. The van der Waals surface area contributed by atoms with E-state index in [1.165, 1.54) is 0 Å². The molecule has 0 fully saturated rings. The zero-order valence-electron chi connectivity index (χ0n) is 13.0. The quantitative estimate of drug-likeness (QED) is 0.742. The van der Waals surface area contributed by atoms with E-state index in [0.717, 1.165) is 22.5 Å². The summed E-state index contributed by atoms with van der Waals surface area (Å²) < 4.78 is 11.2. The second kappa shape index (κ2) is 6.36. The Labute approximate surface area is 134 Å². The molecule has 0 bridgehead atoms. The van der Waals surface area contributed by atoms with Gasteiger partial charge in [0.25, 0.3) is 0 Å². The molecule has 0 unspecified atom stereocenters. The predicted molar refractivity (Wildman–Crippen MR) is 89.7 cm³/mol. The van der Waals surface area contributed by atoms with Gasteiger partial charge in [-0.3, -0.25) is 0 Å². The minimum Gasteiger partial charge on any atom is -0.493 e. The Morgan fingerprint density at radius 1 is 0.913 bits per heavy atom. The van der Waals surface area contributed by atoms with Crippen molar-refractivity contribution in [1.29, 1.82) is 0 Å². The van der Waals surface area contributed by atoms with E-state index in [1.54, 1.807) is 13.3 Å². The molecule has 5 nitrogen and oxygen atoms in total. The summed E-state index contributed by atoms with van der Waals surface area (Å²) in [7, 11) is 1.60. The van der Waals surface area contributed by atoms with Crippen LogP contribution in [0.25, 0.3) is 11.1 Å². The Balaban J connectivity index is 1.97. The van der Waals surface area contributed by atoms with Crippen molar-refractivity contribution in [3.63, 3.8) is 0 Å². The number of aromatic nitrogens is 2. The van der Waals surface area contributed by atoms with Crippen LogP contribution in [0.3, 0.4) is 0 Å². The summed E-state index contributed by atoms with van der Waals surface area (Å²) in [5.41, 5.74) is 9.33. The number of ether oxygens (including phenoxy) is 2. The molecule has 1 aromatic heterocycles. The maximum atomic E-state index is 5.80. The molecular formula is C18H17N3O2. The number of benzene rings is 2. The number of rotatable bonds is 4. The molecule has 2 aromatic carbocycles. The largest absolute Gasteiger partial charge is 0.493 e. The van der Waals surface area contributed by atoms with Crippen LogP contribution in [0.2, 0.25) is 0 Å². The molecule has 0 spiro atoms. The molecule has 5 heteroatoms. The fourth-order valence-electron chi connectivity index (χ4n) is 2.19. The summed E-state index contributed by atoms with van der Waals surface area (Å²) >= 11 is 0. The van der Waals surface area contributed by atoms with Crippen LogP contribution in [0.4, 0.5) is 5.69 Å². The fourth-order valence-corrected chi connectivity index (χ4v) is 2.19. The molecule has 0 aliphatic rings. The van der Waals surface area contributed by atoms with E-state index in [2.05, 4.69) is 9.97 Å². The highest BCUT2D eigenvalue weighted by atomic mass is 16.5. The highest BCUT2D eigenvalue weighted by Gasteiger charge is 2.10. The van der Waals surface area contributed by atoms with E-state index in [1.807, 2.05) is 55.5 Å². The topological polar surface area (TPSA) is 70.3 Å². The van der Waals surface area contributed by atoms with Crippen LogP contribution in [0.5, 0.6) is 17.5 Å². The van der Waals surface area contributed by atoms with Gasteiger partial charge in [-0.25, -0.2) is 9.97 Å². The Kier molecular flexibility index (Phi) is 4.10. The maximum absolute atomic E-state index is 5.80. The third kappa shape index (κ3) is 3.40. The summed E-state index contributed by atoms with van der Waals surface area (Å²) in [6.07, 6.45) is 1.66. The molecule has 0 aliphatic heterocycles. The number of nitrogen functional groups attached to an aromatic ring is 1. The van der Waals surface area contributed by atoms with Gasteiger partial charge in [0, 0.05) is 17.6 Å². The van der Waals surface area contributed by atoms with Crippen LogP contribution < -0.4 is 15.2 Å². The van der Waals surface area contributed by atoms with Crippen LogP contribution in [0, 0.1) is 6.92 Å². The van der Waals surface area contributed by atoms with E-state index in [9.17, 15) is 0 Å². The van der Waals surface area contributed by atoms with Crippen molar-refractivity contribution in [3.8, 4) is 28.6 Å². The number of nitrogens with zero attached hydrogens (tertiary/aromatic N) is 2. The first-order chi connectivity index (χ1) is 11.2. The zero-order chi connectivity index (χ0) is 16.2. The zero-order valence-corrected chi connectivity index (χ0v) is 13.0. The van der Waals surface area contributed by atoms with E-state index >= 15 is 0 Å². The predicted octanol–water partition coefficient (Wildman–Crippen LogP) is 3.84. The first-order valence-electron chi connectivity index (χ1n) is 7.17. The van der Waals surface area contributed by atoms with Crippen molar-refractivity contribution < 1.29 is 9.47 Å². The van der Waals surface area contributed by atoms with Gasteiger partial charge in [-0.05, 0) is 48.4 Å². The molecule has 3 aromatic rings. The molecule has 2 N–H and O–H groups in total. The van der Waals surface area contributed by atoms with Gasteiger partial charge >= 0.3 is 6.01 Å². The van der Waals surface area contributed by atoms with Crippen LogP contribution in [-0.2, 0) is 0 Å². The Hall–Kier alpha value is -3.08. The number of anilines is 1. The third-order valence-electron chi connectivity index (χ3n) is 3.38. The highest BCUT2D eigenvalue weighted by Crippen LogP contribution is 2.34. The average molecular weight is 307 g/mol. The number of methoxy groups -OCH3 is 1. The van der Waals surface area contributed by atoms with Gasteiger partial charge in [0.05, 0.1) is 7.11 Å². The molecule has 0 radical (unpaired) electrons. The first-order valence-corrected chi connectivity index (χ1v) is 7.17. The normalized spacial score (nSPS) is 10.3. The van der Waals surface area contributed by atoms with Gasteiger partial charge in [-0.2, -0.15) is 0 Å². The number of hydrogen-bond acceptors (Lipinski definition) is 5. The van der Waals surface area contributed by atoms with Gasteiger partial charge in [-0.1, -0.05) is 18.2 Å². The molecule has 0 atom stereocenters. The molecule has 116 valence electrons. The minimum absolute atomic E-state index is 0.290. The van der Waals surface area contributed by atoms with E-state index in [0.29, 0.717) is 11.5 Å². The molecule has 1 heterocycles. The van der Waals surface area contributed by atoms with Gasteiger partial charge in [0.15, 0.2) is 11.5 Å². The molecular weight excluding hydrogens is 290 g/mol. The average Bonchev–Trinajstić information content (AvgIpc) is 2.55. The Bertz CT molecular complexity index is 817. The molecule has 0 amide bonds. The van der Waals surface area contributed by atoms with E-state index in [4.69, 9.17) is 15.2 Å². The Morgan fingerprint density at radius 2 is 1.65 bits per heavy atom. The number of hydrogen-bond donors (Lipinski definition) is 1. The van der Waals surface area contributed by atoms with Crippen molar-refractivity contribution >= 4 is 5.69 Å². The Morgan fingerprint density at radius 3 is 2.35 bits per heavy atom. The summed E-state index contributed by atoms with van der Waals surface area (Å²) in [4.78, 5) is 8.37. The summed E-state index contributed by atoms with van der Waals surface area (Å²) in [6, 6.07) is 15.5. The van der Waals surface area contributed by atoms with Crippen molar-refractivity contribution in [1.82, 2.24) is 9.97 Å². The smallest absolute Gasteiger partial charge is 0.322 e. The summed E-state index contributed by atoms with van der Waals surface area (Å²) in [6.45, 7) is 1.89. The lowest BCUT2D eigenvalue weighted by Crippen LogP contribution is -1.96. The van der Waals surface area contributed by atoms with Gasteiger partial charge in [0.2, 0.25) is 0 Å². The summed E-state index contributed by atoms with van der Waals surface area (Å²) in [5.74, 6) is 1.18. The third-order valence-corrected chi connectivity index (χ3v) is 3.38. The van der Waals surface area contributed by atoms with Crippen LogP contribution >= 0.6 is 0 Å². The lowest BCUT2D eigenvalue weighted by Gasteiger charge is -2.11. The van der Waals surface area contributed by atoms with Gasteiger partial charge < -0.3 is 15.2 Å². The fraction of sp³-hybridized carbons (Fsp3) is 0.111. The van der Waals surface area contributed by atoms with Crippen LogP contribution in [-0.4, -0.2) is 17.1 Å². The second-order valence-electron chi connectivity index (χ2n) is 5.07. The van der Waals surface area contributed by atoms with Crippen LogP contribution in [0.1, 0.15) is 5.69 Å². The second-order valence-corrected chi connectivity index (χ2v) is 5.07. The van der Waals surface area contributed by atoms with Crippen molar-refractivity contribution in [2.75, 3.05) is 12.8 Å². The standard InChI is InChI=1S/C18H17N3O2/c1-12-9-10-20-18(21-12)23-17-11-14(5-8-16(17)22-2)13-3-6-15(19)7-4-13/h3-11H,19H2,1-2H3. The monoisotopic (exact) mass is 307 g/mol. The van der Waals surface area contributed by atoms with E-state index in [-0.39, 0.29) is 6.01 Å². The molecule has 0 saturated heterocycles. The van der Waals surface area contributed by atoms with Gasteiger partial charge in [0.1, 0.15) is 0 Å². The highest BCUT2D eigenvalue weighted by molar-refractivity contribution is 5.68. The minimum atomic E-state index is 0.290. The molecule has 3 rings (SSSR count). The first kappa shape index (κ1) is 14.8. The molecule has 0 aliphatic carbocycles. The van der Waals surface area contributed by atoms with E-state index < -0.39 is 0 Å².